The zero-order valence-electron chi connectivity index (χ0n) is 42.9. The lowest BCUT2D eigenvalue weighted by Gasteiger charge is -2.42. The van der Waals surface area contributed by atoms with E-state index in [0.29, 0.717) is 48.6 Å². The van der Waals surface area contributed by atoms with Crippen molar-refractivity contribution in [3.05, 3.63) is 46.5 Å². The van der Waals surface area contributed by atoms with Gasteiger partial charge in [0.25, 0.3) is 11.8 Å². The summed E-state index contributed by atoms with van der Waals surface area (Å²) >= 11 is 7.98. The van der Waals surface area contributed by atoms with Crippen LogP contribution in [0.25, 0.3) is 0 Å². The molecule has 0 aromatic heterocycles. The van der Waals surface area contributed by atoms with Crippen molar-refractivity contribution in [1.82, 2.24) is 20.2 Å². The molecule has 4 saturated heterocycles. The second-order valence-corrected chi connectivity index (χ2v) is 22.0. The summed E-state index contributed by atoms with van der Waals surface area (Å²) < 4.78 is 29.4. The van der Waals surface area contributed by atoms with Gasteiger partial charge < -0.3 is 43.4 Å². The molecule has 0 spiro atoms. The fraction of sp³-hybridized carbons (Fsp3) is 0.627. The molecular weight excluding hydrogens is 1010 g/mol. The van der Waals surface area contributed by atoms with Crippen LogP contribution in [-0.2, 0) is 68.6 Å². The normalized spacial score (nSPS) is 31.1. The Kier molecular flexibility index (Phi) is 17.6. The summed E-state index contributed by atoms with van der Waals surface area (Å²) in [6.07, 6.45) is 2.04. The molecule has 1 saturated carbocycles. The topological polar surface area (TPSA) is 258 Å². The third-order valence-electron chi connectivity index (χ3n) is 15.2. The number of likely N-dealkylation sites (N-methyl/N-ethyl adjacent to an activating group) is 1. The van der Waals surface area contributed by atoms with E-state index < -0.39 is 107 Å². The molecule has 21 nitrogen and oxygen atoms in total. The molecule has 7 rings (SSSR count). The van der Waals surface area contributed by atoms with E-state index in [-0.39, 0.29) is 67.2 Å². The number of halogens is 1. The first kappa shape index (κ1) is 56.2. The maximum absolute atomic E-state index is 14.4. The average molecular weight is 1070 g/mol. The number of carbonyl (C=O) groups excluding carboxylic acids is 9. The molecule has 23 heteroatoms. The highest BCUT2D eigenvalue weighted by molar-refractivity contribution is 8.00. The minimum atomic E-state index is -1.89. The second kappa shape index (κ2) is 23.1. The third-order valence-corrected chi connectivity index (χ3v) is 16.8. The van der Waals surface area contributed by atoms with Gasteiger partial charge in [-0.25, -0.2) is 14.4 Å². The number of rotatable bonds is 13. The molecule has 7 amide bonds. The molecule has 1 aromatic rings. The van der Waals surface area contributed by atoms with Crippen LogP contribution in [0, 0.1) is 17.8 Å². The number of amides is 7. The molecule has 6 aliphatic rings. The lowest BCUT2D eigenvalue weighted by atomic mass is 9.82. The number of alkyl carbamates (subject to hydrolysis) is 1. The van der Waals surface area contributed by atoms with E-state index in [1.165, 1.54) is 61.7 Å². The first-order valence-corrected chi connectivity index (χ1v) is 26.3. The van der Waals surface area contributed by atoms with Crippen LogP contribution in [0.15, 0.2) is 35.9 Å². The van der Waals surface area contributed by atoms with Crippen LogP contribution in [0.3, 0.4) is 0 Å². The number of nitrogens with one attached hydrogen (secondary N) is 1. The Labute approximate surface area is 438 Å². The number of epoxide rings is 1. The van der Waals surface area contributed by atoms with Crippen molar-refractivity contribution in [2.24, 2.45) is 17.8 Å². The van der Waals surface area contributed by atoms with Crippen molar-refractivity contribution in [2.45, 2.75) is 145 Å². The van der Waals surface area contributed by atoms with Gasteiger partial charge in [0, 0.05) is 71.5 Å². The summed E-state index contributed by atoms with van der Waals surface area (Å²) in [6, 6.07) is 2.36. The summed E-state index contributed by atoms with van der Waals surface area (Å²) in [7, 11) is 5.84. The van der Waals surface area contributed by atoms with Gasteiger partial charge in [-0.2, -0.15) is 0 Å². The van der Waals surface area contributed by atoms with Crippen LogP contribution < -0.4 is 15.0 Å². The molecule has 1 aromatic carbocycles. The molecule has 1 aliphatic carbocycles. The first-order valence-electron chi connectivity index (χ1n) is 24.9. The monoisotopic (exact) mass is 1070 g/mol. The molecule has 2 unspecified atom stereocenters. The van der Waals surface area contributed by atoms with Gasteiger partial charge >= 0.3 is 18.0 Å². The van der Waals surface area contributed by atoms with E-state index in [1.54, 1.807) is 38.1 Å². The van der Waals surface area contributed by atoms with E-state index in [1.807, 2.05) is 13.0 Å². The van der Waals surface area contributed by atoms with Crippen LogP contribution in [-0.4, -0.2) is 161 Å². The highest BCUT2D eigenvalue weighted by Crippen LogP contribution is 2.49. The third kappa shape index (κ3) is 12.2. The quantitative estimate of drug-likeness (QED) is 0.160. The molecule has 4 bridgehead atoms. The summed E-state index contributed by atoms with van der Waals surface area (Å²) in [5, 5.41) is 14.4. The van der Waals surface area contributed by atoms with Crippen molar-refractivity contribution in [3.63, 3.8) is 0 Å². The lowest BCUT2D eigenvalue weighted by Crippen LogP contribution is -2.63. The van der Waals surface area contributed by atoms with Gasteiger partial charge in [0.1, 0.15) is 40.7 Å². The number of esters is 1. The van der Waals surface area contributed by atoms with E-state index >= 15 is 0 Å². The average Bonchev–Trinajstić information content (AvgIpc) is 3.87. The van der Waals surface area contributed by atoms with Crippen molar-refractivity contribution < 1.29 is 76.8 Å². The van der Waals surface area contributed by atoms with Gasteiger partial charge in [-0.05, 0) is 76.5 Å². The smallest absolute Gasteiger partial charge is 0.409 e. The van der Waals surface area contributed by atoms with Gasteiger partial charge in [0.2, 0.25) is 23.6 Å². The maximum Gasteiger partial charge on any atom is 0.409 e. The van der Waals surface area contributed by atoms with E-state index in [9.17, 15) is 48.3 Å². The number of methoxy groups -OCH3 is 2. The van der Waals surface area contributed by atoms with Gasteiger partial charge in [0.05, 0.1) is 36.5 Å². The Morgan fingerprint density at radius 2 is 1.70 bits per heavy atom. The Morgan fingerprint density at radius 1 is 1.01 bits per heavy atom. The van der Waals surface area contributed by atoms with E-state index in [4.69, 9.17) is 40.1 Å². The zero-order valence-corrected chi connectivity index (χ0v) is 44.5. The number of anilines is 1. The molecule has 5 heterocycles. The van der Waals surface area contributed by atoms with Gasteiger partial charge in [0.15, 0.2) is 5.72 Å². The van der Waals surface area contributed by atoms with E-state index in [0.717, 1.165) is 11.1 Å². The van der Waals surface area contributed by atoms with Crippen molar-refractivity contribution >= 4 is 82.5 Å². The predicted molar refractivity (Wildman–Crippen MR) is 266 cm³/mol. The van der Waals surface area contributed by atoms with E-state index in [2.05, 4.69) is 5.32 Å². The summed E-state index contributed by atoms with van der Waals surface area (Å²) in [5.41, 5.74) is -1.23. The number of hydrogen-bond acceptors (Lipinski definition) is 17. The molecule has 5 aliphatic heterocycles. The largest absolute Gasteiger partial charge is 0.495 e. The van der Waals surface area contributed by atoms with Crippen LogP contribution >= 0.6 is 23.4 Å². The first-order chi connectivity index (χ1) is 35.0. The SMILES string of the molecule is COc1cc2cc(c1Cl)N(C)C(=O)CC(OC(=O)[C@H](C)N(C)C(=O)CCSC1CC(=O)N(CC3CCC(C(=O)ON4C(=O)CCC4=O)CC3)C1=O)[C@]1(C)O[C@H]1[C@H](C)[C@@H]1C[C@@](O)(NC(=O)O1)[C@H](OC)C=CC=C(C)C2. The molecule has 9 atom stereocenters. The zero-order chi connectivity index (χ0) is 54.0. The highest BCUT2D eigenvalue weighted by Gasteiger charge is 2.64. The van der Waals surface area contributed by atoms with Crippen LogP contribution in [0.1, 0.15) is 97.5 Å². The molecule has 0 radical (unpaired) electrons. The highest BCUT2D eigenvalue weighted by atomic mass is 35.5. The summed E-state index contributed by atoms with van der Waals surface area (Å²) in [4.78, 5) is 127. The number of nitrogens with zero attached hydrogens (tertiary/aromatic N) is 4. The van der Waals surface area contributed by atoms with Crippen molar-refractivity contribution in [2.75, 3.05) is 45.5 Å². The lowest BCUT2D eigenvalue weighted by molar-refractivity contribution is -0.201. The number of hydroxylamine groups is 2. The number of fused-ring (bicyclic) bond motifs is 5. The number of imide groups is 2. The predicted octanol–water partition coefficient (Wildman–Crippen LogP) is 4.18. The summed E-state index contributed by atoms with van der Waals surface area (Å²) in [5.74, 6) is -4.93. The number of carbonyl (C=O) groups is 9. The molecule has 2 N–H and O–H groups in total. The summed E-state index contributed by atoms with van der Waals surface area (Å²) in [6.45, 7) is 6.99. The Balaban J connectivity index is 0.986. The molecule has 74 heavy (non-hydrogen) atoms. The molecular formula is C51H66ClN5O16S. The maximum atomic E-state index is 14.4. The van der Waals surface area contributed by atoms with Gasteiger partial charge in [-0.15, -0.1) is 16.8 Å². The van der Waals surface area contributed by atoms with Crippen molar-refractivity contribution in [3.8, 4) is 5.75 Å². The standard InChI is InChI=1S/C51H66ClN5O16S/c1-27-10-9-11-37(69-8)51(67)25-35(70-49(66)53-51)28(2)45-50(4,72-45)38(24-42(61)55(6)33-21-31(20-27)22-34(68-7)44(33)52)71-47(64)29(3)54(5)39(58)18-19-74-36-23-43(62)56(46(36)63)26-30-12-14-32(15-13-30)48(65)73-57-40(59)16-17-41(57)60/h9-11,21-22,28-30,32,35-38,45,67H,12-20,23-26H2,1-8H3,(H,53,66)/t28-,29+,30?,32?,35+,36?,37-,38?,45+,50+,51+/m1/s1. The van der Waals surface area contributed by atoms with Crippen LogP contribution in [0.2, 0.25) is 5.02 Å². The fourth-order valence-electron chi connectivity index (χ4n) is 10.3. The Hall–Kier alpha value is -5.55. The Morgan fingerprint density at radius 3 is 2.36 bits per heavy atom. The fourth-order valence-corrected chi connectivity index (χ4v) is 11.7. The Bertz CT molecular complexity index is 2470. The number of likely N-dealkylation sites (tertiary alicyclic amines) is 1. The van der Waals surface area contributed by atoms with Gasteiger partial charge in [-0.3, -0.25) is 39.0 Å². The number of thioether (sulfide) groups is 1. The van der Waals surface area contributed by atoms with Crippen LogP contribution in [0.5, 0.6) is 5.75 Å². The minimum Gasteiger partial charge on any atom is -0.495 e. The van der Waals surface area contributed by atoms with Gasteiger partial charge in [-0.1, -0.05) is 42.3 Å². The molecule has 404 valence electrons. The number of benzene rings is 1. The number of aliphatic hydroxyl groups is 1. The molecule has 5 fully saturated rings. The minimum absolute atomic E-state index is 0.00240. The van der Waals surface area contributed by atoms with Crippen LogP contribution in [0.4, 0.5) is 10.5 Å². The number of allylic oxidation sites excluding steroid dienone is 3. The number of hydrogen-bond donors (Lipinski definition) is 2. The second-order valence-electron chi connectivity index (χ2n) is 20.3. The number of ether oxygens (including phenoxy) is 5. The van der Waals surface area contributed by atoms with Crippen molar-refractivity contribution in [1.29, 1.82) is 0 Å².